The summed E-state index contributed by atoms with van der Waals surface area (Å²) in [7, 11) is 0. The first-order valence-electron chi connectivity index (χ1n) is 11.7. The fourth-order valence-corrected chi connectivity index (χ4v) is 4.46. The number of piperazine rings is 1. The standard InChI is InChI=1S/C17H18FN3O3.C9H6FNO/c18-13-7-11-14(8-15(13)20-5-3-19-4-6-20)21(10-1-2-10)9-12(16(11)22)17(23)24;10-7-2-1-3-8-6(7)4-5-9(12)11-8/h7-10,19H,1-6H2,(H,23,24);1-5H,(H,11,12). The van der Waals surface area contributed by atoms with Crippen molar-refractivity contribution in [1.29, 1.82) is 0 Å². The molecule has 0 unspecified atom stereocenters. The summed E-state index contributed by atoms with van der Waals surface area (Å²) in [6, 6.07) is 10.5. The molecule has 2 aromatic heterocycles. The van der Waals surface area contributed by atoms with Crippen LogP contribution in [0, 0.1) is 11.6 Å². The zero-order valence-corrected chi connectivity index (χ0v) is 19.3. The molecule has 1 aliphatic heterocycles. The number of hydrogen-bond donors (Lipinski definition) is 3. The molecule has 0 spiro atoms. The third-order valence-corrected chi connectivity index (χ3v) is 6.44. The van der Waals surface area contributed by atoms with Crippen molar-refractivity contribution in [3.05, 3.63) is 86.4 Å². The van der Waals surface area contributed by atoms with Crippen LogP contribution in [0.3, 0.4) is 0 Å². The topological polar surface area (TPSA) is 107 Å². The molecule has 1 aliphatic carbocycles. The molecule has 2 aliphatic rings. The Balaban J connectivity index is 0.000000186. The van der Waals surface area contributed by atoms with Gasteiger partial charge < -0.3 is 24.9 Å². The van der Waals surface area contributed by atoms with Crippen molar-refractivity contribution >= 4 is 33.5 Å². The lowest BCUT2D eigenvalue weighted by Gasteiger charge is -2.30. The van der Waals surface area contributed by atoms with Crippen LogP contribution in [-0.2, 0) is 0 Å². The molecular weight excluding hydrogens is 470 g/mol. The molecule has 3 heterocycles. The third-order valence-electron chi connectivity index (χ3n) is 6.44. The largest absolute Gasteiger partial charge is 0.477 e. The summed E-state index contributed by atoms with van der Waals surface area (Å²) in [5, 5.41) is 13.1. The van der Waals surface area contributed by atoms with E-state index in [1.54, 1.807) is 18.2 Å². The number of pyridine rings is 2. The zero-order valence-electron chi connectivity index (χ0n) is 19.3. The molecule has 2 aromatic carbocycles. The molecule has 0 bridgehead atoms. The van der Waals surface area contributed by atoms with E-state index in [4.69, 9.17) is 0 Å². The summed E-state index contributed by atoms with van der Waals surface area (Å²) >= 11 is 0. The van der Waals surface area contributed by atoms with E-state index in [0.717, 1.165) is 25.9 Å². The molecule has 186 valence electrons. The highest BCUT2D eigenvalue weighted by atomic mass is 19.1. The molecule has 36 heavy (non-hydrogen) atoms. The average Bonchev–Trinajstić information content (AvgIpc) is 3.70. The molecule has 0 amide bonds. The number of hydrogen-bond acceptors (Lipinski definition) is 5. The van der Waals surface area contributed by atoms with Gasteiger partial charge >= 0.3 is 5.97 Å². The SMILES string of the molecule is O=C(O)c1cn(C2CC2)c2cc(N3CCNCC3)c(F)cc2c1=O.O=c1ccc2c(F)cccc2[nH]1. The molecule has 1 saturated heterocycles. The third kappa shape index (κ3) is 4.59. The maximum Gasteiger partial charge on any atom is 0.341 e. The number of carboxylic acid groups (broad SMARTS) is 1. The first-order valence-corrected chi connectivity index (χ1v) is 11.7. The van der Waals surface area contributed by atoms with Gasteiger partial charge in [-0.05, 0) is 43.2 Å². The van der Waals surface area contributed by atoms with Crippen LogP contribution in [0.25, 0.3) is 21.8 Å². The van der Waals surface area contributed by atoms with E-state index in [9.17, 15) is 28.3 Å². The van der Waals surface area contributed by atoms with Crippen LogP contribution >= 0.6 is 0 Å². The highest BCUT2D eigenvalue weighted by Crippen LogP contribution is 2.38. The van der Waals surface area contributed by atoms with Crippen LogP contribution in [0.15, 0.2) is 58.3 Å². The Kier molecular flexibility index (Phi) is 6.27. The van der Waals surface area contributed by atoms with Gasteiger partial charge in [0, 0.05) is 55.3 Å². The molecular formula is C26H24F2N4O4. The summed E-state index contributed by atoms with van der Waals surface area (Å²) in [6.07, 6.45) is 3.29. The summed E-state index contributed by atoms with van der Waals surface area (Å²) in [5.41, 5.74) is 0.475. The second-order valence-corrected chi connectivity index (χ2v) is 8.90. The fraction of sp³-hybridized carbons (Fsp3) is 0.269. The van der Waals surface area contributed by atoms with E-state index in [-0.39, 0.29) is 28.4 Å². The van der Waals surface area contributed by atoms with Crippen molar-refractivity contribution in [3.63, 3.8) is 0 Å². The number of nitrogens with zero attached hydrogens (tertiary/aromatic N) is 2. The second-order valence-electron chi connectivity index (χ2n) is 8.90. The number of anilines is 1. The number of rotatable bonds is 3. The van der Waals surface area contributed by atoms with Crippen molar-refractivity contribution in [1.82, 2.24) is 14.9 Å². The minimum Gasteiger partial charge on any atom is -0.477 e. The normalized spacial score (nSPS) is 15.6. The first kappa shape index (κ1) is 23.7. The Hall–Kier alpha value is -4.05. The molecule has 4 aromatic rings. The van der Waals surface area contributed by atoms with Gasteiger partial charge in [-0.1, -0.05) is 6.07 Å². The molecule has 1 saturated carbocycles. The number of benzene rings is 2. The van der Waals surface area contributed by atoms with E-state index in [0.29, 0.717) is 35.2 Å². The second kappa shape index (κ2) is 9.54. The Labute approximate surface area is 203 Å². The lowest BCUT2D eigenvalue weighted by atomic mass is 10.1. The van der Waals surface area contributed by atoms with Gasteiger partial charge in [0.05, 0.1) is 16.7 Å². The van der Waals surface area contributed by atoms with Crippen molar-refractivity contribution in [2.75, 3.05) is 31.1 Å². The van der Waals surface area contributed by atoms with Crippen LogP contribution in [0.1, 0.15) is 29.2 Å². The molecule has 0 atom stereocenters. The number of nitrogens with one attached hydrogen (secondary N) is 2. The van der Waals surface area contributed by atoms with Gasteiger partial charge in [0.1, 0.15) is 17.2 Å². The van der Waals surface area contributed by atoms with E-state index < -0.39 is 17.2 Å². The molecule has 0 radical (unpaired) electrons. The number of halogens is 2. The highest BCUT2D eigenvalue weighted by molar-refractivity contribution is 5.93. The van der Waals surface area contributed by atoms with Crippen molar-refractivity contribution in [2.24, 2.45) is 0 Å². The number of aromatic nitrogens is 2. The maximum absolute atomic E-state index is 14.6. The smallest absolute Gasteiger partial charge is 0.341 e. The maximum atomic E-state index is 14.6. The number of carboxylic acids is 1. The lowest BCUT2D eigenvalue weighted by molar-refractivity contribution is 0.0695. The number of H-pyrrole nitrogens is 1. The molecule has 3 N–H and O–H groups in total. The minimum absolute atomic E-state index is 0.137. The Morgan fingerprint density at radius 2 is 1.72 bits per heavy atom. The summed E-state index contributed by atoms with van der Waals surface area (Å²) in [6.45, 7) is 2.96. The summed E-state index contributed by atoms with van der Waals surface area (Å²) in [4.78, 5) is 39.1. The van der Waals surface area contributed by atoms with E-state index in [2.05, 4.69) is 10.3 Å². The summed E-state index contributed by atoms with van der Waals surface area (Å²) < 4.78 is 29.4. The van der Waals surface area contributed by atoms with Gasteiger partial charge in [-0.2, -0.15) is 0 Å². The van der Waals surface area contributed by atoms with Gasteiger partial charge in [-0.25, -0.2) is 13.6 Å². The van der Waals surface area contributed by atoms with Gasteiger partial charge in [0.25, 0.3) is 0 Å². The summed E-state index contributed by atoms with van der Waals surface area (Å²) in [5.74, 6) is -2.07. The Bertz CT molecular complexity index is 1590. The van der Waals surface area contributed by atoms with Crippen LogP contribution in [0.4, 0.5) is 14.5 Å². The number of aromatic amines is 1. The number of aromatic carboxylic acids is 1. The first-order chi connectivity index (χ1) is 17.3. The highest BCUT2D eigenvalue weighted by Gasteiger charge is 2.28. The predicted octanol–water partition coefficient (Wildman–Crippen LogP) is 3.25. The number of fused-ring (bicyclic) bond motifs is 2. The minimum atomic E-state index is -1.28. The van der Waals surface area contributed by atoms with Gasteiger partial charge in [0.2, 0.25) is 11.0 Å². The van der Waals surface area contributed by atoms with E-state index >= 15 is 0 Å². The van der Waals surface area contributed by atoms with Gasteiger partial charge in [-0.3, -0.25) is 9.59 Å². The average molecular weight is 494 g/mol. The van der Waals surface area contributed by atoms with Crippen LogP contribution in [0.2, 0.25) is 0 Å². The van der Waals surface area contributed by atoms with Crippen molar-refractivity contribution in [3.8, 4) is 0 Å². The van der Waals surface area contributed by atoms with Crippen molar-refractivity contribution in [2.45, 2.75) is 18.9 Å². The monoisotopic (exact) mass is 494 g/mol. The lowest BCUT2D eigenvalue weighted by Crippen LogP contribution is -2.43. The van der Waals surface area contributed by atoms with Crippen LogP contribution < -0.4 is 21.2 Å². The van der Waals surface area contributed by atoms with Crippen LogP contribution in [-0.4, -0.2) is 46.8 Å². The molecule has 2 fully saturated rings. The molecule has 8 nitrogen and oxygen atoms in total. The van der Waals surface area contributed by atoms with Crippen molar-refractivity contribution < 1.29 is 18.7 Å². The quantitative estimate of drug-likeness (QED) is 0.404. The number of carbonyl (C=O) groups is 1. The Morgan fingerprint density at radius 3 is 2.42 bits per heavy atom. The molecule has 10 heteroatoms. The van der Waals surface area contributed by atoms with E-state index in [1.165, 1.54) is 30.5 Å². The zero-order chi connectivity index (χ0) is 25.4. The molecule has 6 rings (SSSR count). The predicted molar refractivity (Wildman–Crippen MR) is 133 cm³/mol. The van der Waals surface area contributed by atoms with Crippen LogP contribution in [0.5, 0.6) is 0 Å². The Morgan fingerprint density at radius 1 is 0.972 bits per heavy atom. The fourth-order valence-electron chi connectivity index (χ4n) is 4.46. The van der Waals surface area contributed by atoms with Gasteiger partial charge in [-0.15, -0.1) is 0 Å². The van der Waals surface area contributed by atoms with Gasteiger partial charge in [0.15, 0.2) is 0 Å². The van der Waals surface area contributed by atoms with E-state index in [1.807, 2.05) is 9.47 Å².